The summed E-state index contributed by atoms with van der Waals surface area (Å²) >= 11 is 0. The zero-order valence-electron chi connectivity index (χ0n) is 13.5. The van der Waals surface area contributed by atoms with Gasteiger partial charge in [0.2, 0.25) is 12.7 Å². The Morgan fingerprint density at radius 3 is 2.76 bits per heavy atom. The molecule has 1 N–H and O–H groups in total. The summed E-state index contributed by atoms with van der Waals surface area (Å²) in [6.07, 6.45) is 0.667. The van der Waals surface area contributed by atoms with Gasteiger partial charge in [-0.2, -0.15) is 0 Å². The first-order valence-electron chi connectivity index (χ1n) is 8.23. The van der Waals surface area contributed by atoms with Crippen LogP contribution >= 0.6 is 0 Å². The summed E-state index contributed by atoms with van der Waals surface area (Å²) in [5, 5.41) is 2.97. The van der Waals surface area contributed by atoms with Gasteiger partial charge in [-0.25, -0.2) is 0 Å². The van der Waals surface area contributed by atoms with Gasteiger partial charge in [-0.15, -0.1) is 0 Å². The molecule has 0 atom stereocenters. The quantitative estimate of drug-likeness (QED) is 0.865. The monoisotopic (exact) mass is 336 g/mol. The van der Waals surface area contributed by atoms with Crippen molar-refractivity contribution in [1.82, 2.24) is 4.90 Å². The number of nitrogens with one attached hydrogen (secondary N) is 1. The fourth-order valence-electron chi connectivity index (χ4n) is 3.79. The second-order valence-corrected chi connectivity index (χ2v) is 6.80. The van der Waals surface area contributed by atoms with Crippen LogP contribution in [0.15, 0.2) is 42.5 Å². The molecule has 2 aromatic carbocycles. The maximum atomic E-state index is 12.7. The van der Waals surface area contributed by atoms with Gasteiger partial charge in [0.15, 0.2) is 11.5 Å². The fourth-order valence-corrected chi connectivity index (χ4v) is 3.79. The smallest absolute Gasteiger partial charge is 0.254 e. The highest BCUT2D eigenvalue weighted by Crippen LogP contribution is 2.41. The minimum atomic E-state index is -0.514. The molecule has 1 saturated heterocycles. The van der Waals surface area contributed by atoms with E-state index >= 15 is 0 Å². The molecule has 0 bridgehead atoms. The van der Waals surface area contributed by atoms with Gasteiger partial charge >= 0.3 is 0 Å². The van der Waals surface area contributed by atoms with Crippen LogP contribution in [-0.4, -0.2) is 36.6 Å². The molecule has 25 heavy (non-hydrogen) atoms. The maximum Gasteiger partial charge on any atom is 0.254 e. The van der Waals surface area contributed by atoms with Gasteiger partial charge < -0.3 is 19.7 Å². The third-order valence-corrected chi connectivity index (χ3v) is 5.17. The summed E-state index contributed by atoms with van der Waals surface area (Å²) in [5.41, 5.74) is 2.03. The highest BCUT2D eigenvalue weighted by molar-refractivity contribution is 6.02. The Labute approximate surface area is 144 Å². The van der Waals surface area contributed by atoms with Crippen molar-refractivity contribution in [3.8, 4) is 11.5 Å². The number of hydrogen-bond donors (Lipinski definition) is 1. The number of rotatable bonds is 1. The predicted octanol–water partition coefficient (Wildman–Crippen LogP) is 2.05. The number of hydrogen-bond acceptors (Lipinski definition) is 4. The van der Waals surface area contributed by atoms with Crippen LogP contribution in [0.4, 0.5) is 5.69 Å². The number of carbonyl (C=O) groups excluding carboxylic acids is 2. The van der Waals surface area contributed by atoms with Gasteiger partial charge in [-0.05, 0) is 36.2 Å². The van der Waals surface area contributed by atoms with E-state index in [1.165, 1.54) is 0 Å². The third-order valence-electron chi connectivity index (χ3n) is 5.17. The second-order valence-electron chi connectivity index (χ2n) is 6.80. The zero-order chi connectivity index (χ0) is 17.0. The molecule has 0 saturated carbocycles. The van der Waals surface area contributed by atoms with Crippen molar-refractivity contribution in [2.75, 3.05) is 25.2 Å². The SMILES string of the molecule is O=C(c1ccc2c(c1)OCO2)N1CC2(Cc3ccccc3NC2=O)C1. The minimum absolute atomic E-state index is 0.000867. The van der Waals surface area contributed by atoms with Gasteiger partial charge in [0.05, 0.1) is 5.41 Å². The molecule has 3 aliphatic heterocycles. The molecule has 126 valence electrons. The molecule has 2 aromatic rings. The number of likely N-dealkylation sites (tertiary alicyclic amines) is 1. The molecule has 0 aliphatic carbocycles. The van der Waals surface area contributed by atoms with E-state index in [0.29, 0.717) is 36.6 Å². The lowest BCUT2D eigenvalue weighted by Gasteiger charge is -2.50. The van der Waals surface area contributed by atoms with Crippen molar-refractivity contribution in [3.05, 3.63) is 53.6 Å². The van der Waals surface area contributed by atoms with Crippen molar-refractivity contribution in [2.45, 2.75) is 6.42 Å². The van der Waals surface area contributed by atoms with Crippen LogP contribution in [-0.2, 0) is 11.2 Å². The highest BCUT2D eigenvalue weighted by atomic mass is 16.7. The number of benzene rings is 2. The Bertz CT molecular complexity index is 902. The Morgan fingerprint density at radius 1 is 1.08 bits per heavy atom. The lowest BCUT2D eigenvalue weighted by molar-refractivity contribution is -0.134. The molecule has 0 radical (unpaired) electrons. The van der Waals surface area contributed by atoms with Crippen LogP contribution in [0.25, 0.3) is 0 Å². The molecule has 0 unspecified atom stereocenters. The fraction of sp³-hybridized carbons (Fsp3) is 0.263. The van der Waals surface area contributed by atoms with Crippen LogP contribution in [0.2, 0.25) is 0 Å². The number of amides is 2. The molecule has 5 rings (SSSR count). The number of fused-ring (bicyclic) bond motifs is 2. The number of nitrogens with zero attached hydrogens (tertiary/aromatic N) is 1. The molecular weight excluding hydrogens is 320 g/mol. The number of para-hydroxylation sites is 1. The minimum Gasteiger partial charge on any atom is -0.454 e. The van der Waals surface area contributed by atoms with Crippen molar-refractivity contribution in [3.63, 3.8) is 0 Å². The van der Waals surface area contributed by atoms with Crippen LogP contribution in [0.3, 0.4) is 0 Å². The lowest BCUT2D eigenvalue weighted by Crippen LogP contribution is -2.65. The van der Waals surface area contributed by atoms with E-state index in [9.17, 15) is 9.59 Å². The Hall–Kier alpha value is -3.02. The maximum absolute atomic E-state index is 12.7. The average Bonchev–Trinajstić information content (AvgIpc) is 3.06. The number of ether oxygens (including phenoxy) is 2. The van der Waals surface area contributed by atoms with Crippen molar-refractivity contribution in [2.24, 2.45) is 5.41 Å². The first kappa shape index (κ1) is 14.3. The molecule has 3 heterocycles. The molecule has 3 aliphatic rings. The van der Waals surface area contributed by atoms with Crippen molar-refractivity contribution >= 4 is 17.5 Å². The molecule has 1 spiro atoms. The summed E-state index contributed by atoms with van der Waals surface area (Å²) in [5.74, 6) is 1.15. The third kappa shape index (κ3) is 2.10. The zero-order valence-corrected chi connectivity index (χ0v) is 13.5. The summed E-state index contributed by atoms with van der Waals surface area (Å²) in [4.78, 5) is 26.9. The Morgan fingerprint density at radius 2 is 1.88 bits per heavy atom. The Balaban J connectivity index is 1.35. The van der Waals surface area contributed by atoms with E-state index in [1.54, 1.807) is 23.1 Å². The number of anilines is 1. The molecule has 1 fully saturated rings. The Kier molecular flexibility index (Phi) is 2.86. The van der Waals surface area contributed by atoms with Gasteiger partial charge in [0, 0.05) is 24.3 Å². The van der Waals surface area contributed by atoms with Crippen LogP contribution in [0, 0.1) is 5.41 Å². The topological polar surface area (TPSA) is 67.9 Å². The first-order chi connectivity index (χ1) is 12.1. The van der Waals surface area contributed by atoms with Crippen LogP contribution in [0.1, 0.15) is 15.9 Å². The first-order valence-corrected chi connectivity index (χ1v) is 8.23. The normalized spacial score (nSPS) is 19.2. The van der Waals surface area contributed by atoms with Crippen LogP contribution in [0.5, 0.6) is 11.5 Å². The van der Waals surface area contributed by atoms with Crippen molar-refractivity contribution < 1.29 is 19.1 Å². The summed E-state index contributed by atoms with van der Waals surface area (Å²) in [7, 11) is 0. The second kappa shape index (κ2) is 4.99. The van der Waals surface area contributed by atoms with E-state index < -0.39 is 5.41 Å². The number of carbonyl (C=O) groups is 2. The molecular formula is C19H16N2O4. The predicted molar refractivity (Wildman–Crippen MR) is 89.7 cm³/mol. The van der Waals surface area contributed by atoms with E-state index in [4.69, 9.17) is 9.47 Å². The summed E-state index contributed by atoms with van der Waals surface area (Å²) in [6, 6.07) is 13.0. The van der Waals surface area contributed by atoms with E-state index in [-0.39, 0.29) is 18.6 Å². The average molecular weight is 336 g/mol. The van der Waals surface area contributed by atoms with E-state index in [2.05, 4.69) is 5.32 Å². The van der Waals surface area contributed by atoms with Gasteiger partial charge in [0.1, 0.15) is 0 Å². The van der Waals surface area contributed by atoms with Gasteiger partial charge in [-0.1, -0.05) is 18.2 Å². The molecule has 6 nitrogen and oxygen atoms in total. The van der Waals surface area contributed by atoms with Gasteiger partial charge in [0.25, 0.3) is 5.91 Å². The highest BCUT2D eigenvalue weighted by Gasteiger charge is 2.53. The summed E-state index contributed by atoms with van der Waals surface area (Å²) in [6.45, 7) is 1.04. The molecule has 6 heteroatoms. The standard InChI is InChI=1S/C19H16N2O4/c22-17(12-5-6-15-16(7-12)25-11-24-15)21-9-19(10-21)8-13-3-1-2-4-14(13)20-18(19)23/h1-7H,8-11H2,(H,20,23). The van der Waals surface area contributed by atoms with Crippen LogP contribution < -0.4 is 14.8 Å². The largest absolute Gasteiger partial charge is 0.454 e. The van der Waals surface area contributed by atoms with Crippen molar-refractivity contribution in [1.29, 1.82) is 0 Å². The van der Waals surface area contributed by atoms with E-state index in [1.807, 2.05) is 24.3 Å². The molecule has 0 aromatic heterocycles. The van der Waals surface area contributed by atoms with Gasteiger partial charge in [-0.3, -0.25) is 9.59 Å². The van der Waals surface area contributed by atoms with E-state index in [0.717, 1.165) is 11.3 Å². The molecule has 2 amide bonds. The lowest BCUT2D eigenvalue weighted by atomic mass is 9.71. The summed E-state index contributed by atoms with van der Waals surface area (Å²) < 4.78 is 10.6.